The van der Waals surface area contributed by atoms with Crippen LogP contribution in [0.15, 0.2) is 42.5 Å². The van der Waals surface area contributed by atoms with E-state index < -0.39 is 30.3 Å². The third kappa shape index (κ3) is 4.79. The van der Waals surface area contributed by atoms with Gasteiger partial charge in [-0.05, 0) is 42.5 Å². The summed E-state index contributed by atoms with van der Waals surface area (Å²) in [5.41, 5.74) is 1.00. The molecule has 0 aromatic heterocycles. The topological polar surface area (TPSA) is 146 Å². The van der Waals surface area contributed by atoms with E-state index in [9.17, 15) is 24.0 Å². The second-order valence-electron chi connectivity index (χ2n) is 6.77. The molecule has 0 atom stereocenters. The first-order valence-corrected chi connectivity index (χ1v) is 9.53. The molecule has 4 amide bonds. The van der Waals surface area contributed by atoms with Crippen LogP contribution < -0.4 is 15.5 Å². The summed E-state index contributed by atoms with van der Waals surface area (Å²) < 4.78 is 4.92. The van der Waals surface area contributed by atoms with E-state index >= 15 is 0 Å². The normalized spacial score (nSPS) is 12.1. The van der Waals surface area contributed by atoms with Crippen molar-refractivity contribution in [1.29, 1.82) is 5.26 Å². The maximum atomic E-state index is 12.9. The predicted molar refractivity (Wildman–Crippen MR) is 112 cm³/mol. The summed E-state index contributed by atoms with van der Waals surface area (Å²) in [5, 5.41) is 13.5. The number of hydrogen-bond donors (Lipinski definition) is 2. The van der Waals surface area contributed by atoms with Gasteiger partial charge >= 0.3 is 5.97 Å². The fourth-order valence-electron chi connectivity index (χ4n) is 3.02. The molecule has 10 nitrogen and oxygen atoms in total. The molecule has 1 heterocycles. The van der Waals surface area contributed by atoms with Crippen molar-refractivity contribution in [2.45, 2.75) is 13.3 Å². The molecule has 0 unspecified atom stereocenters. The van der Waals surface area contributed by atoms with Crippen LogP contribution in [0.3, 0.4) is 0 Å². The van der Waals surface area contributed by atoms with Gasteiger partial charge in [0.05, 0.1) is 34.9 Å². The first-order chi connectivity index (χ1) is 15.3. The number of fused-ring (bicyclic) bond motifs is 1. The highest BCUT2D eigenvalue weighted by Gasteiger charge is 2.37. The number of ether oxygens (including phenoxy) is 1. The maximum absolute atomic E-state index is 12.9. The summed E-state index contributed by atoms with van der Waals surface area (Å²) in [6, 6.07) is 12.0. The number of nitrogens with zero attached hydrogens (tertiary/aromatic N) is 2. The maximum Gasteiger partial charge on any atom is 0.338 e. The van der Waals surface area contributed by atoms with Gasteiger partial charge < -0.3 is 15.4 Å². The number of benzene rings is 2. The number of nitrogens with one attached hydrogen (secondary N) is 2. The number of esters is 1. The molecule has 2 aromatic carbocycles. The van der Waals surface area contributed by atoms with Gasteiger partial charge in [0, 0.05) is 19.2 Å². The highest BCUT2D eigenvalue weighted by Crippen LogP contribution is 2.30. The number of amides is 4. The van der Waals surface area contributed by atoms with E-state index in [-0.39, 0.29) is 35.6 Å². The fourth-order valence-corrected chi connectivity index (χ4v) is 3.02. The molecule has 0 spiro atoms. The van der Waals surface area contributed by atoms with Gasteiger partial charge in [0.2, 0.25) is 5.91 Å². The van der Waals surface area contributed by atoms with Crippen LogP contribution in [0.5, 0.6) is 0 Å². The van der Waals surface area contributed by atoms with Crippen LogP contribution in [-0.4, -0.2) is 42.7 Å². The van der Waals surface area contributed by atoms with Crippen molar-refractivity contribution in [2.75, 3.05) is 23.4 Å². The number of carbonyl (C=O) groups excluding carboxylic acids is 5. The summed E-state index contributed by atoms with van der Waals surface area (Å²) in [6.07, 6.45) is 0.132. The number of hydrogen-bond acceptors (Lipinski definition) is 7. The molecule has 162 valence electrons. The minimum Gasteiger partial charge on any atom is -0.452 e. The molecule has 2 N–H and O–H groups in total. The molecule has 0 saturated heterocycles. The third-order valence-electron chi connectivity index (χ3n) is 4.46. The first-order valence-electron chi connectivity index (χ1n) is 9.53. The van der Waals surface area contributed by atoms with Crippen molar-refractivity contribution in [3.63, 3.8) is 0 Å². The molecule has 1 aliphatic heterocycles. The summed E-state index contributed by atoms with van der Waals surface area (Å²) in [5.74, 6) is -2.80. The molecule has 0 fully saturated rings. The van der Waals surface area contributed by atoms with Crippen LogP contribution in [0.4, 0.5) is 11.4 Å². The lowest BCUT2D eigenvalue weighted by Gasteiger charge is -2.14. The van der Waals surface area contributed by atoms with Crippen LogP contribution in [-0.2, 0) is 14.3 Å². The number of imide groups is 1. The molecule has 32 heavy (non-hydrogen) atoms. The van der Waals surface area contributed by atoms with Gasteiger partial charge in [0.1, 0.15) is 0 Å². The number of rotatable bonds is 7. The molecular weight excluding hydrogens is 416 g/mol. The molecule has 0 radical (unpaired) electrons. The lowest BCUT2D eigenvalue weighted by atomic mass is 10.1. The van der Waals surface area contributed by atoms with Crippen molar-refractivity contribution in [3.8, 4) is 6.07 Å². The average Bonchev–Trinajstić information content (AvgIpc) is 3.02. The Bertz CT molecular complexity index is 1150. The van der Waals surface area contributed by atoms with E-state index in [0.717, 1.165) is 4.90 Å². The van der Waals surface area contributed by atoms with E-state index in [4.69, 9.17) is 10.00 Å². The van der Waals surface area contributed by atoms with Crippen molar-refractivity contribution >= 4 is 41.0 Å². The van der Waals surface area contributed by atoms with E-state index in [2.05, 4.69) is 10.6 Å². The van der Waals surface area contributed by atoms with Gasteiger partial charge in [0.25, 0.3) is 17.7 Å². The monoisotopic (exact) mass is 434 g/mol. The van der Waals surface area contributed by atoms with Crippen LogP contribution >= 0.6 is 0 Å². The van der Waals surface area contributed by atoms with E-state index in [1.165, 1.54) is 37.3 Å². The molecule has 2 aromatic rings. The van der Waals surface area contributed by atoms with Crippen LogP contribution in [0.2, 0.25) is 0 Å². The Labute approximate surface area is 182 Å². The van der Waals surface area contributed by atoms with E-state index in [1.807, 2.05) is 6.07 Å². The lowest BCUT2D eigenvalue weighted by molar-refractivity contribution is -0.124. The molecule has 1 aliphatic rings. The summed E-state index contributed by atoms with van der Waals surface area (Å²) in [4.78, 5) is 61.5. The van der Waals surface area contributed by atoms with Gasteiger partial charge in [-0.3, -0.25) is 19.2 Å². The Morgan fingerprint density at radius 3 is 2.38 bits per heavy atom. The molecule has 3 rings (SSSR count). The Balaban J connectivity index is 1.71. The predicted octanol–water partition coefficient (Wildman–Crippen LogP) is 1.63. The van der Waals surface area contributed by atoms with Gasteiger partial charge in [-0.25, -0.2) is 9.69 Å². The van der Waals surface area contributed by atoms with Crippen molar-refractivity contribution in [3.05, 3.63) is 59.2 Å². The quantitative estimate of drug-likeness (QED) is 0.383. The number of carbonyl (C=O) groups is 5. The summed E-state index contributed by atoms with van der Waals surface area (Å²) >= 11 is 0. The summed E-state index contributed by atoms with van der Waals surface area (Å²) in [7, 11) is 0. The van der Waals surface area contributed by atoms with E-state index in [1.54, 1.807) is 12.1 Å². The zero-order valence-corrected chi connectivity index (χ0v) is 17.0. The third-order valence-corrected chi connectivity index (χ3v) is 4.46. The van der Waals surface area contributed by atoms with Crippen molar-refractivity contribution in [1.82, 2.24) is 5.32 Å². The largest absolute Gasteiger partial charge is 0.452 e. The van der Waals surface area contributed by atoms with Gasteiger partial charge in [-0.2, -0.15) is 5.26 Å². The van der Waals surface area contributed by atoms with Crippen LogP contribution in [0, 0.1) is 11.3 Å². The Kier molecular flexibility index (Phi) is 6.60. The highest BCUT2D eigenvalue weighted by atomic mass is 16.5. The van der Waals surface area contributed by atoms with Crippen LogP contribution in [0.25, 0.3) is 0 Å². The second kappa shape index (κ2) is 9.53. The lowest BCUT2D eigenvalue weighted by Crippen LogP contribution is -2.29. The van der Waals surface area contributed by atoms with Crippen molar-refractivity contribution < 1.29 is 28.7 Å². The Morgan fingerprint density at radius 2 is 1.72 bits per heavy atom. The smallest absolute Gasteiger partial charge is 0.338 e. The summed E-state index contributed by atoms with van der Waals surface area (Å²) in [6.45, 7) is 0.965. The Hall–Kier alpha value is -4.52. The van der Waals surface area contributed by atoms with Gasteiger partial charge in [0.15, 0.2) is 6.61 Å². The zero-order valence-electron chi connectivity index (χ0n) is 17.0. The average molecular weight is 434 g/mol. The standard InChI is InChI=1S/C22H18N4O6/c1-13(27)25-15-4-6-16(7-5-15)26-20(29)17-8-3-14(11-18(17)21(26)30)22(31)32-12-19(28)24-10-2-9-23/h3-8,11H,2,10,12H2,1H3,(H,24,28)(H,25,27). The first kappa shape index (κ1) is 22.2. The zero-order chi connectivity index (χ0) is 23.3. The fraction of sp³-hybridized carbons (Fsp3) is 0.182. The minimum absolute atomic E-state index is 0.0116. The highest BCUT2D eigenvalue weighted by molar-refractivity contribution is 6.34. The molecular formula is C22H18N4O6. The molecule has 0 bridgehead atoms. The minimum atomic E-state index is -0.832. The van der Waals surface area contributed by atoms with Crippen molar-refractivity contribution in [2.24, 2.45) is 0 Å². The second-order valence-corrected chi connectivity index (χ2v) is 6.77. The van der Waals surface area contributed by atoms with E-state index in [0.29, 0.717) is 11.4 Å². The number of anilines is 2. The SMILES string of the molecule is CC(=O)Nc1ccc(N2C(=O)c3ccc(C(=O)OCC(=O)NCCC#N)cc3C2=O)cc1. The Morgan fingerprint density at radius 1 is 1.03 bits per heavy atom. The van der Waals surface area contributed by atoms with Crippen LogP contribution in [0.1, 0.15) is 44.4 Å². The molecule has 10 heteroatoms. The van der Waals surface area contributed by atoms with Gasteiger partial charge in [-0.15, -0.1) is 0 Å². The molecule has 0 saturated carbocycles. The van der Waals surface area contributed by atoms with Gasteiger partial charge in [-0.1, -0.05) is 0 Å². The molecule has 0 aliphatic carbocycles. The number of nitriles is 1.